The van der Waals surface area contributed by atoms with Gasteiger partial charge in [0.05, 0.1) is 6.10 Å². The fourth-order valence-corrected chi connectivity index (χ4v) is 2.49. The number of nitrogens with zero attached hydrogens (tertiary/aromatic N) is 3. The minimum Gasteiger partial charge on any atom is -0.391 e. The van der Waals surface area contributed by atoms with E-state index in [2.05, 4.69) is 17.1 Å². The Morgan fingerprint density at radius 3 is 2.53 bits per heavy atom. The highest BCUT2D eigenvalue weighted by atomic mass is 16.3. The molecule has 19 heavy (non-hydrogen) atoms. The molecule has 0 saturated carbocycles. The molecule has 0 fully saturated rings. The van der Waals surface area contributed by atoms with Gasteiger partial charge in [-0.1, -0.05) is 42.5 Å². The van der Waals surface area contributed by atoms with E-state index >= 15 is 0 Å². The van der Waals surface area contributed by atoms with Crippen LogP contribution < -0.4 is 0 Å². The summed E-state index contributed by atoms with van der Waals surface area (Å²) in [6.45, 7) is 0.517. The molecule has 2 unspecified atom stereocenters. The number of benzene rings is 1. The predicted octanol–water partition coefficient (Wildman–Crippen LogP) is 3.37. The Morgan fingerprint density at radius 2 is 1.84 bits per heavy atom. The van der Waals surface area contributed by atoms with Crippen LogP contribution >= 0.6 is 0 Å². The molecule has 1 aliphatic rings. The van der Waals surface area contributed by atoms with Crippen LogP contribution in [0, 0.1) is 0 Å². The third-order valence-electron chi connectivity index (χ3n) is 3.55. The summed E-state index contributed by atoms with van der Waals surface area (Å²) in [6.07, 6.45) is 7.08. The number of rotatable bonds is 3. The van der Waals surface area contributed by atoms with E-state index in [0.29, 0.717) is 13.0 Å². The molecule has 1 aliphatic carbocycles. The number of aliphatic hydroxyl groups excluding tert-OH is 1. The van der Waals surface area contributed by atoms with Gasteiger partial charge in [-0.2, -0.15) is 0 Å². The van der Waals surface area contributed by atoms with Crippen molar-refractivity contribution < 1.29 is 9.80 Å². The molecular formula is C15H20N3O+. The molecule has 0 saturated heterocycles. The lowest BCUT2D eigenvalue weighted by atomic mass is 9.97. The van der Waals surface area contributed by atoms with Crippen molar-refractivity contribution in [2.75, 3.05) is 0 Å². The second-order valence-electron chi connectivity index (χ2n) is 4.93. The van der Waals surface area contributed by atoms with Crippen molar-refractivity contribution in [3.63, 3.8) is 0 Å². The normalized spacial score (nSPS) is 24.9. The summed E-state index contributed by atoms with van der Waals surface area (Å²) in [5.74, 6) is 0. The Hall–Kier alpha value is -1.77. The molecule has 0 aliphatic heterocycles. The maximum atomic E-state index is 10.2. The summed E-state index contributed by atoms with van der Waals surface area (Å²) in [6, 6.07) is 9.74. The topological polar surface area (TPSA) is 59.6 Å². The van der Waals surface area contributed by atoms with Crippen molar-refractivity contribution in [3.8, 4) is 0 Å². The van der Waals surface area contributed by atoms with Crippen LogP contribution in [0.15, 0.2) is 42.5 Å². The van der Waals surface area contributed by atoms with Gasteiger partial charge in [-0.3, -0.25) is 0 Å². The molecule has 0 spiro atoms. The van der Waals surface area contributed by atoms with E-state index in [0.717, 1.165) is 24.8 Å². The number of aliphatic hydroxyl groups is 1. The predicted molar refractivity (Wildman–Crippen MR) is 74.5 cm³/mol. The van der Waals surface area contributed by atoms with Gasteiger partial charge in [0.1, 0.15) is 12.6 Å². The average Bonchev–Trinajstić information content (AvgIpc) is 2.43. The van der Waals surface area contributed by atoms with Gasteiger partial charge in [-0.05, 0) is 35.9 Å². The molecule has 4 nitrogen and oxygen atoms in total. The number of hydrogen-bond acceptors (Lipinski definition) is 1. The van der Waals surface area contributed by atoms with Crippen LogP contribution in [-0.4, -0.2) is 21.9 Å². The maximum Gasteiger partial charge on any atom is 0.353 e. The number of hydrogen-bond donors (Lipinski definition) is 1. The van der Waals surface area contributed by atoms with Gasteiger partial charge >= 0.3 is 5.53 Å². The monoisotopic (exact) mass is 258 g/mol. The zero-order chi connectivity index (χ0) is 13.5. The first-order valence-corrected chi connectivity index (χ1v) is 6.80. The van der Waals surface area contributed by atoms with Gasteiger partial charge < -0.3 is 5.11 Å². The molecule has 1 aromatic carbocycles. The summed E-state index contributed by atoms with van der Waals surface area (Å²) in [5, 5.41) is 10.2. The largest absolute Gasteiger partial charge is 0.391 e. The third-order valence-corrected chi connectivity index (χ3v) is 3.55. The van der Waals surface area contributed by atoms with Crippen molar-refractivity contribution in [2.45, 2.75) is 44.4 Å². The lowest BCUT2D eigenvalue weighted by Crippen LogP contribution is -2.36. The van der Waals surface area contributed by atoms with Gasteiger partial charge in [0.15, 0.2) is 0 Å². The van der Waals surface area contributed by atoms with Crippen LogP contribution in [0.25, 0.3) is 10.4 Å². The first kappa shape index (κ1) is 13.7. The molecule has 4 heteroatoms. The quantitative estimate of drug-likeness (QED) is 0.292. The highest BCUT2D eigenvalue weighted by Gasteiger charge is 2.28. The van der Waals surface area contributed by atoms with Crippen LogP contribution in [0.4, 0.5) is 0 Å². The first-order valence-electron chi connectivity index (χ1n) is 6.80. The zero-order valence-corrected chi connectivity index (χ0v) is 11.0. The molecule has 0 heterocycles. The molecule has 1 aromatic rings. The highest BCUT2D eigenvalue weighted by Crippen LogP contribution is 2.18. The van der Waals surface area contributed by atoms with E-state index in [9.17, 15) is 10.6 Å². The fraction of sp³-hybridized carbons (Fsp3) is 0.467. The molecular weight excluding hydrogens is 238 g/mol. The molecule has 0 bridgehead atoms. The van der Waals surface area contributed by atoms with E-state index in [1.807, 2.05) is 30.3 Å². The van der Waals surface area contributed by atoms with Crippen LogP contribution in [0.5, 0.6) is 0 Å². The lowest BCUT2D eigenvalue weighted by Gasteiger charge is -2.21. The zero-order valence-electron chi connectivity index (χ0n) is 11.0. The summed E-state index contributed by atoms with van der Waals surface area (Å²) < 4.78 is 1.60. The molecule has 0 aromatic heterocycles. The van der Waals surface area contributed by atoms with Crippen LogP contribution in [0.2, 0.25) is 0 Å². The van der Waals surface area contributed by atoms with Crippen molar-refractivity contribution in [1.29, 1.82) is 0 Å². The van der Waals surface area contributed by atoms with Crippen molar-refractivity contribution in [3.05, 3.63) is 58.5 Å². The Morgan fingerprint density at radius 1 is 1.16 bits per heavy atom. The van der Waals surface area contributed by atoms with Crippen molar-refractivity contribution in [1.82, 2.24) is 0 Å². The maximum absolute atomic E-state index is 10.2. The van der Waals surface area contributed by atoms with Gasteiger partial charge in [0.25, 0.3) is 0 Å². The minimum absolute atomic E-state index is 0.129. The molecule has 1 N–H and O–H groups in total. The van der Waals surface area contributed by atoms with Crippen LogP contribution in [0.3, 0.4) is 0 Å². The second kappa shape index (κ2) is 6.98. The first-order chi connectivity index (χ1) is 9.31. The van der Waals surface area contributed by atoms with Gasteiger partial charge in [-0.25, -0.2) is 0 Å². The van der Waals surface area contributed by atoms with Crippen molar-refractivity contribution >= 4 is 0 Å². The molecule has 0 radical (unpaired) electrons. The van der Waals surface area contributed by atoms with E-state index in [-0.39, 0.29) is 6.04 Å². The van der Waals surface area contributed by atoms with E-state index < -0.39 is 6.10 Å². The summed E-state index contributed by atoms with van der Waals surface area (Å²) in [5.41, 5.74) is 10.3. The lowest BCUT2D eigenvalue weighted by molar-refractivity contribution is -0.614. The Bertz CT molecular complexity index is 477. The van der Waals surface area contributed by atoms with Crippen LogP contribution in [0.1, 0.15) is 31.2 Å². The van der Waals surface area contributed by atoms with Crippen molar-refractivity contribution in [2.24, 2.45) is 0 Å². The summed E-state index contributed by atoms with van der Waals surface area (Å²) in [4.78, 5) is 3.38. The standard InChI is InChI=1S/C15H20N3O/c16-17-18(12-13-8-4-3-5-9-13)14-10-6-1-2-7-11-15(14)19/h1-5,8-9,14-15,19H,6-7,10-12H2/q+1/b2-1-. The van der Waals surface area contributed by atoms with E-state index in [1.54, 1.807) is 4.70 Å². The SMILES string of the molecule is [N-]=[N+]=[N+](Cc1ccccc1)C1CC/C=C\CCC1O. The Labute approximate surface area is 113 Å². The summed E-state index contributed by atoms with van der Waals surface area (Å²) >= 11 is 0. The molecule has 2 atom stereocenters. The highest BCUT2D eigenvalue weighted by molar-refractivity contribution is 5.13. The minimum atomic E-state index is -0.454. The van der Waals surface area contributed by atoms with Gasteiger partial charge in [-0.15, -0.1) is 0 Å². The Kier molecular flexibility index (Phi) is 5.01. The molecule has 100 valence electrons. The second-order valence-corrected chi connectivity index (χ2v) is 4.93. The van der Waals surface area contributed by atoms with Crippen LogP contribution in [-0.2, 0) is 6.54 Å². The van der Waals surface area contributed by atoms with E-state index in [4.69, 9.17) is 0 Å². The third kappa shape index (κ3) is 3.85. The van der Waals surface area contributed by atoms with Gasteiger partial charge in [0.2, 0.25) is 4.91 Å². The average molecular weight is 258 g/mol. The molecule has 0 amide bonds. The summed E-state index contributed by atoms with van der Waals surface area (Å²) in [7, 11) is 0. The fourth-order valence-electron chi connectivity index (χ4n) is 2.49. The Balaban J connectivity index is 2.12. The van der Waals surface area contributed by atoms with E-state index in [1.165, 1.54) is 0 Å². The van der Waals surface area contributed by atoms with Gasteiger partial charge in [0, 0.05) is 0 Å². The smallest absolute Gasteiger partial charge is 0.353 e. The number of allylic oxidation sites excluding steroid dienone is 2. The molecule has 2 rings (SSSR count).